The summed E-state index contributed by atoms with van der Waals surface area (Å²) in [6, 6.07) is 7.46. The van der Waals surface area contributed by atoms with Crippen LogP contribution in [0.4, 0.5) is 5.69 Å². The Bertz CT molecular complexity index is 580. The van der Waals surface area contributed by atoms with E-state index in [-0.39, 0.29) is 5.91 Å². The van der Waals surface area contributed by atoms with Gasteiger partial charge in [0.15, 0.2) is 0 Å². The minimum atomic E-state index is -0.138. The molecule has 18 heavy (non-hydrogen) atoms. The van der Waals surface area contributed by atoms with Gasteiger partial charge in [0.2, 0.25) is 0 Å². The van der Waals surface area contributed by atoms with E-state index in [1.807, 2.05) is 30.5 Å². The quantitative estimate of drug-likeness (QED) is 0.851. The summed E-state index contributed by atoms with van der Waals surface area (Å²) in [4.78, 5) is 13.1. The van der Waals surface area contributed by atoms with E-state index in [2.05, 4.69) is 21.2 Å². The highest BCUT2D eigenvalue weighted by Gasteiger charge is 2.10. The molecule has 0 spiro atoms. The SMILES string of the molecule is Cc1cccc(C(=O)NCc2cc(Br)cs2)c1N. The standard InChI is InChI=1S/C13H13BrN2OS/c1-8-3-2-4-11(12(8)15)13(17)16-6-10-5-9(14)7-18-10/h2-5,7H,6,15H2,1H3,(H,16,17). The van der Waals surface area contributed by atoms with Gasteiger partial charge in [-0.25, -0.2) is 0 Å². The highest BCUT2D eigenvalue weighted by atomic mass is 79.9. The molecule has 0 unspecified atom stereocenters. The molecule has 0 aliphatic rings. The van der Waals surface area contributed by atoms with Crippen LogP contribution < -0.4 is 11.1 Å². The maximum Gasteiger partial charge on any atom is 0.253 e. The lowest BCUT2D eigenvalue weighted by atomic mass is 10.1. The molecule has 2 aromatic rings. The first kappa shape index (κ1) is 13.1. The van der Waals surface area contributed by atoms with Gasteiger partial charge in [-0.05, 0) is 40.5 Å². The van der Waals surface area contributed by atoms with Gasteiger partial charge in [-0.2, -0.15) is 0 Å². The van der Waals surface area contributed by atoms with Gasteiger partial charge in [-0.1, -0.05) is 12.1 Å². The zero-order chi connectivity index (χ0) is 13.1. The van der Waals surface area contributed by atoms with Gasteiger partial charge in [-0.3, -0.25) is 4.79 Å². The number of carbonyl (C=O) groups excluding carboxylic acids is 1. The second-order valence-corrected chi connectivity index (χ2v) is 5.86. The van der Waals surface area contributed by atoms with Gasteiger partial charge in [0.05, 0.1) is 12.1 Å². The minimum absolute atomic E-state index is 0.138. The summed E-state index contributed by atoms with van der Waals surface area (Å²) in [5, 5.41) is 4.86. The zero-order valence-corrected chi connectivity index (χ0v) is 12.3. The molecule has 0 aliphatic carbocycles. The summed E-state index contributed by atoms with van der Waals surface area (Å²) in [6.07, 6.45) is 0. The molecule has 0 radical (unpaired) electrons. The average molecular weight is 325 g/mol. The maximum absolute atomic E-state index is 12.0. The van der Waals surface area contributed by atoms with Crippen molar-refractivity contribution >= 4 is 38.9 Å². The van der Waals surface area contributed by atoms with Crippen LogP contribution in [0.2, 0.25) is 0 Å². The van der Waals surface area contributed by atoms with E-state index in [1.54, 1.807) is 17.4 Å². The summed E-state index contributed by atoms with van der Waals surface area (Å²) < 4.78 is 1.03. The molecular weight excluding hydrogens is 312 g/mol. The molecule has 1 aromatic carbocycles. The van der Waals surface area contributed by atoms with Gasteiger partial charge in [0.25, 0.3) is 5.91 Å². The van der Waals surface area contributed by atoms with Crippen molar-refractivity contribution in [3.8, 4) is 0 Å². The largest absolute Gasteiger partial charge is 0.398 e. The molecule has 94 valence electrons. The number of anilines is 1. The van der Waals surface area contributed by atoms with Crippen molar-refractivity contribution < 1.29 is 4.79 Å². The van der Waals surface area contributed by atoms with Crippen LogP contribution in [0.1, 0.15) is 20.8 Å². The van der Waals surface area contributed by atoms with Gasteiger partial charge in [-0.15, -0.1) is 11.3 Å². The Kier molecular flexibility index (Phi) is 4.04. The van der Waals surface area contributed by atoms with Crippen LogP contribution in [0.5, 0.6) is 0 Å². The number of rotatable bonds is 3. The number of amides is 1. The Balaban J connectivity index is 2.06. The maximum atomic E-state index is 12.0. The molecule has 0 aliphatic heterocycles. The van der Waals surface area contributed by atoms with Gasteiger partial charge in [0.1, 0.15) is 0 Å². The van der Waals surface area contributed by atoms with E-state index in [4.69, 9.17) is 5.73 Å². The number of hydrogen-bond donors (Lipinski definition) is 2. The van der Waals surface area contributed by atoms with Crippen molar-refractivity contribution in [3.05, 3.63) is 50.1 Å². The number of carbonyl (C=O) groups is 1. The Hall–Kier alpha value is -1.33. The number of nitrogen functional groups attached to an aromatic ring is 1. The lowest BCUT2D eigenvalue weighted by Gasteiger charge is -2.08. The minimum Gasteiger partial charge on any atom is -0.398 e. The summed E-state index contributed by atoms with van der Waals surface area (Å²) in [5.41, 5.74) is 7.89. The lowest BCUT2D eigenvalue weighted by Crippen LogP contribution is -2.23. The molecule has 3 N–H and O–H groups in total. The fraction of sp³-hybridized carbons (Fsp3) is 0.154. The van der Waals surface area contributed by atoms with Crippen LogP contribution in [-0.4, -0.2) is 5.91 Å². The molecule has 0 atom stereocenters. The first-order chi connectivity index (χ1) is 8.58. The third-order valence-corrected chi connectivity index (χ3v) is 4.31. The summed E-state index contributed by atoms with van der Waals surface area (Å²) in [5.74, 6) is -0.138. The van der Waals surface area contributed by atoms with Crippen molar-refractivity contribution in [2.24, 2.45) is 0 Å². The number of nitrogens with one attached hydrogen (secondary N) is 1. The molecule has 0 saturated carbocycles. The van der Waals surface area contributed by atoms with E-state index < -0.39 is 0 Å². The second kappa shape index (κ2) is 5.54. The highest BCUT2D eigenvalue weighted by Crippen LogP contribution is 2.20. The van der Waals surface area contributed by atoms with Crippen molar-refractivity contribution in [1.82, 2.24) is 5.32 Å². The number of para-hydroxylation sites is 1. The molecular formula is C13H13BrN2OS. The summed E-state index contributed by atoms with van der Waals surface area (Å²) >= 11 is 4.98. The van der Waals surface area contributed by atoms with E-state index in [9.17, 15) is 4.79 Å². The van der Waals surface area contributed by atoms with Crippen molar-refractivity contribution in [2.45, 2.75) is 13.5 Å². The normalized spacial score (nSPS) is 10.3. The third-order valence-electron chi connectivity index (χ3n) is 2.61. The average Bonchev–Trinajstić information content (AvgIpc) is 2.76. The van der Waals surface area contributed by atoms with Crippen LogP contribution in [0, 0.1) is 6.92 Å². The van der Waals surface area contributed by atoms with Crippen LogP contribution in [0.3, 0.4) is 0 Å². The molecule has 1 amide bonds. The predicted octanol–water partition coefficient (Wildman–Crippen LogP) is 3.33. The summed E-state index contributed by atoms with van der Waals surface area (Å²) in [6.45, 7) is 2.41. The van der Waals surface area contributed by atoms with Crippen LogP contribution >= 0.6 is 27.3 Å². The van der Waals surface area contributed by atoms with Gasteiger partial charge >= 0.3 is 0 Å². The number of halogens is 1. The monoisotopic (exact) mass is 324 g/mol. The molecule has 1 heterocycles. The van der Waals surface area contributed by atoms with E-state index in [0.29, 0.717) is 17.8 Å². The van der Waals surface area contributed by atoms with Gasteiger partial charge in [0, 0.05) is 20.4 Å². The first-order valence-corrected chi connectivity index (χ1v) is 7.11. The third kappa shape index (κ3) is 2.91. The topological polar surface area (TPSA) is 55.1 Å². The van der Waals surface area contributed by atoms with Crippen molar-refractivity contribution in [1.29, 1.82) is 0 Å². The molecule has 5 heteroatoms. The van der Waals surface area contributed by atoms with E-state index in [0.717, 1.165) is 14.9 Å². The van der Waals surface area contributed by atoms with Crippen LogP contribution in [0.15, 0.2) is 34.1 Å². The second-order valence-electron chi connectivity index (χ2n) is 3.95. The number of benzene rings is 1. The van der Waals surface area contributed by atoms with Gasteiger partial charge < -0.3 is 11.1 Å². The Morgan fingerprint density at radius 3 is 2.94 bits per heavy atom. The molecule has 3 nitrogen and oxygen atoms in total. The predicted molar refractivity (Wildman–Crippen MR) is 78.8 cm³/mol. The van der Waals surface area contributed by atoms with E-state index >= 15 is 0 Å². The number of hydrogen-bond acceptors (Lipinski definition) is 3. The molecule has 2 rings (SSSR count). The fourth-order valence-corrected chi connectivity index (χ4v) is 2.98. The number of nitrogens with two attached hydrogens (primary N) is 1. The molecule has 0 bridgehead atoms. The molecule has 0 saturated heterocycles. The number of thiophene rings is 1. The first-order valence-electron chi connectivity index (χ1n) is 5.44. The highest BCUT2D eigenvalue weighted by molar-refractivity contribution is 9.10. The Morgan fingerprint density at radius 2 is 2.28 bits per heavy atom. The smallest absolute Gasteiger partial charge is 0.253 e. The van der Waals surface area contributed by atoms with Crippen LogP contribution in [0.25, 0.3) is 0 Å². The Labute approximate surface area is 118 Å². The fourth-order valence-electron chi connectivity index (χ4n) is 1.59. The Morgan fingerprint density at radius 1 is 1.50 bits per heavy atom. The van der Waals surface area contributed by atoms with Crippen LogP contribution in [-0.2, 0) is 6.54 Å². The zero-order valence-electron chi connectivity index (χ0n) is 9.87. The number of aryl methyl sites for hydroxylation is 1. The van der Waals surface area contributed by atoms with Crippen molar-refractivity contribution in [3.63, 3.8) is 0 Å². The molecule has 1 aromatic heterocycles. The van der Waals surface area contributed by atoms with Crippen molar-refractivity contribution in [2.75, 3.05) is 5.73 Å². The van der Waals surface area contributed by atoms with E-state index in [1.165, 1.54) is 0 Å². The summed E-state index contributed by atoms with van der Waals surface area (Å²) in [7, 11) is 0. The molecule has 0 fully saturated rings. The lowest BCUT2D eigenvalue weighted by molar-refractivity contribution is 0.0952.